The summed E-state index contributed by atoms with van der Waals surface area (Å²) >= 11 is 0. The molecule has 1 aromatic rings. The zero-order valence-electron chi connectivity index (χ0n) is 12.4. The lowest BCUT2D eigenvalue weighted by molar-refractivity contribution is -0.148. The Labute approximate surface area is 131 Å². The Morgan fingerprint density at radius 1 is 1.35 bits per heavy atom. The van der Waals surface area contributed by atoms with Crippen LogP contribution in [0.3, 0.4) is 0 Å². The smallest absolute Gasteiger partial charge is 0.306 e. The fourth-order valence-corrected chi connectivity index (χ4v) is 3.09. The first-order valence-electron chi connectivity index (χ1n) is 7.53. The van der Waals surface area contributed by atoms with E-state index in [-0.39, 0.29) is 42.9 Å². The van der Waals surface area contributed by atoms with Crippen LogP contribution in [0.15, 0.2) is 18.2 Å². The molecule has 1 aromatic carbocycles. The van der Waals surface area contributed by atoms with E-state index in [1.54, 1.807) is 4.90 Å². The van der Waals surface area contributed by atoms with Crippen LogP contribution in [0.1, 0.15) is 24.3 Å². The van der Waals surface area contributed by atoms with Crippen molar-refractivity contribution >= 4 is 11.9 Å². The van der Waals surface area contributed by atoms with Gasteiger partial charge in [0.15, 0.2) is 11.6 Å². The Morgan fingerprint density at radius 3 is 2.87 bits per heavy atom. The van der Waals surface area contributed by atoms with Gasteiger partial charge in [-0.05, 0) is 24.0 Å². The molecule has 23 heavy (non-hydrogen) atoms. The zero-order valence-corrected chi connectivity index (χ0v) is 12.4. The summed E-state index contributed by atoms with van der Waals surface area (Å²) in [4.78, 5) is 24.8. The Morgan fingerprint density at radius 2 is 2.13 bits per heavy atom. The molecule has 3 unspecified atom stereocenters. The second-order valence-corrected chi connectivity index (χ2v) is 5.97. The van der Waals surface area contributed by atoms with E-state index in [4.69, 9.17) is 9.84 Å². The zero-order chi connectivity index (χ0) is 16.6. The normalized spacial score (nSPS) is 26.9. The van der Waals surface area contributed by atoms with Gasteiger partial charge in [-0.3, -0.25) is 9.59 Å². The Balaban J connectivity index is 1.63. The van der Waals surface area contributed by atoms with E-state index < -0.39 is 23.7 Å². The molecule has 1 heterocycles. The average molecular weight is 325 g/mol. The highest BCUT2D eigenvalue weighted by Gasteiger charge is 2.47. The molecule has 2 fully saturated rings. The minimum Gasteiger partial charge on any atom is -0.481 e. The maximum absolute atomic E-state index is 13.8. The molecule has 5 nitrogen and oxygen atoms in total. The molecule has 3 atom stereocenters. The van der Waals surface area contributed by atoms with Crippen molar-refractivity contribution in [3.63, 3.8) is 0 Å². The molecule has 1 aliphatic heterocycles. The summed E-state index contributed by atoms with van der Waals surface area (Å²) in [5.41, 5.74) is 0.235. The molecule has 1 amide bonds. The van der Waals surface area contributed by atoms with Gasteiger partial charge >= 0.3 is 5.97 Å². The summed E-state index contributed by atoms with van der Waals surface area (Å²) in [6, 6.07) is 3.99. The molecular formula is C16H17F2NO4. The third-order valence-electron chi connectivity index (χ3n) is 4.34. The lowest BCUT2D eigenvalue weighted by Gasteiger charge is -2.32. The number of amides is 1. The number of morpholine rings is 1. The van der Waals surface area contributed by atoms with Crippen molar-refractivity contribution in [1.82, 2.24) is 4.90 Å². The Kier molecular flexibility index (Phi) is 4.30. The van der Waals surface area contributed by atoms with Crippen molar-refractivity contribution in [3.8, 4) is 0 Å². The van der Waals surface area contributed by atoms with Crippen molar-refractivity contribution in [3.05, 3.63) is 35.4 Å². The molecule has 2 aliphatic rings. The van der Waals surface area contributed by atoms with E-state index in [0.29, 0.717) is 13.0 Å². The van der Waals surface area contributed by atoms with Gasteiger partial charge in [-0.15, -0.1) is 0 Å². The topological polar surface area (TPSA) is 66.8 Å². The van der Waals surface area contributed by atoms with E-state index in [1.807, 2.05) is 0 Å². The molecule has 1 aliphatic carbocycles. The van der Waals surface area contributed by atoms with Gasteiger partial charge in [0, 0.05) is 19.0 Å². The molecule has 3 rings (SSSR count). The maximum Gasteiger partial charge on any atom is 0.306 e. The van der Waals surface area contributed by atoms with Crippen LogP contribution in [0.5, 0.6) is 0 Å². The number of rotatable bonds is 4. The van der Waals surface area contributed by atoms with E-state index in [0.717, 1.165) is 6.07 Å². The SMILES string of the molecule is O=C(O)CC1CN(C(=O)C2CC2c2cccc(F)c2F)CCO1. The Hall–Kier alpha value is -2.02. The first kappa shape index (κ1) is 15.9. The highest BCUT2D eigenvalue weighted by atomic mass is 19.2. The van der Waals surface area contributed by atoms with Crippen molar-refractivity contribution < 1.29 is 28.2 Å². The lowest BCUT2D eigenvalue weighted by atomic mass is 10.1. The molecule has 7 heteroatoms. The fraction of sp³-hybridized carbons (Fsp3) is 0.500. The maximum atomic E-state index is 13.8. The summed E-state index contributed by atoms with van der Waals surface area (Å²) < 4.78 is 32.4. The van der Waals surface area contributed by atoms with Crippen LogP contribution < -0.4 is 0 Å². The predicted octanol–water partition coefficient (Wildman–Crippen LogP) is 1.77. The summed E-state index contributed by atoms with van der Waals surface area (Å²) in [5, 5.41) is 8.80. The summed E-state index contributed by atoms with van der Waals surface area (Å²) in [5.74, 6) is -3.59. The number of halogens is 2. The minimum atomic E-state index is -0.976. The number of hydrogen-bond donors (Lipinski definition) is 1. The standard InChI is InChI=1S/C16H17F2NO4/c17-13-3-1-2-10(15(13)18)11-7-12(11)16(22)19-4-5-23-9(8-19)6-14(20)21/h1-3,9,11-12H,4-8H2,(H,20,21). The predicted molar refractivity (Wildman–Crippen MR) is 75.8 cm³/mol. The molecule has 0 bridgehead atoms. The molecule has 0 spiro atoms. The molecule has 1 saturated carbocycles. The number of carbonyl (C=O) groups is 2. The summed E-state index contributed by atoms with van der Waals surface area (Å²) in [7, 11) is 0. The van der Waals surface area contributed by atoms with E-state index in [2.05, 4.69) is 0 Å². The fourth-order valence-electron chi connectivity index (χ4n) is 3.09. The molecule has 124 valence electrons. The van der Waals surface area contributed by atoms with Crippen LogP contribution in [-0.4, -0.2) is 47.7 Å². The highest BCUT2D eigenvalue weighted by molar-refractivity contribution is 5.83. The van der Waals surface area contributed by atoms with Gasteiger partial charge in [0.1, 0.15) is 0 Å². The van der Waals surface area contributed by atoms with Gasteiger partial charge in [-0.1, -0.05) is 12.1 Å². The third-order valence-corrected chi connectivity index (χ3v) is 4.34. The lowest BCUT2D eigenvalue weighted by Crippen LogP contribution is -2.47. The van der Waals surface area contributed by atoms with Gasteiger partial charge < -0.3 is 14.7 Å². The molecule has 1 saturated heterocycles. The van der Waals surface area contributed by atoms with Crippen molar-refractivity contribution in [2.45, 2.75) is 24.9 Å². The number of benzene rings is 1. The number of carbonyl (C=O) groups excluding carboxylic acids is 1. The van der Waals surface area contributed by atoms with Gasteiger partial charge in [0.05, 0.1) is 19.1 Å². The molecule has 0 radical (unpaired) electrons. The molecule has 0 aromatic heterocycles. The largest absolute Gasteiger partial charge is 0.481 e. The van der Waals surface area contributed by atoms with Crippen LogP contribution in [-0.2, 0) is 14.3 Å². The second kappa shape index (κ2) is 6.23. The van der Waals surface area contributed by atoms with Crippen LogP contribution in [0.4, 0.5) is 8.78 Å². The first-order chi connectivity index (χ1) is 11.0. The van der Waals surface area contributed by atoms with Crippen molar-refractivity contribution in [1.29, 1.82) is 0 Å². The average Bonchev–Trinajstić information content (AvgIpc) is 3.29. The number of nitrogens with zero attached hydrogens (tertiary/aromatic N) is 1. The number of carboxylic acid groups (broad SMARTS) is 1. The van der Waals surface area contributed by atoms with Gasteiger partial charge in [-0.25, -0.2) is 8.78 Å². The summed E-state index contributed by atoms with van der Waals surface area (Å²) in [6.45, 7) is 0.902. The van der Waals surface area contributed by atoms with Crippen LogP contribution in [0.2, 0.25) is 0 Å². The minimum absolute atomic E-state index is 0.141. The van der Waals surface area contributed by atoms with E-state index in [9.17, 15) is 18.4 Å². The second-order valence-electron chi connectivity index (χ2n) is 5.97. The van der Waals surface area contributed by atoms with E-state index >= 15 is 0 Å². The van der Waals surface area contributed by atoms with Gasteiger partial charge in [0.25, 0.3) is 0 Å². The van der Waals surface area contributed by atoms with E-state index in [1.165, 1.54) is 12.1 Å². The monoisotopic (exact) mass is 325 g/mol. The van der Waals surface area contributed by atoms with Crippen molar-refractivity contribution in [2.75, 3.05) is 19.7 Å². The highest BCUT2D eigenvalue weighted by Crippen LogP contribution is 2.49. The number of aliphatic carboxylic acids is 1. The number of carboxylic acids is 1. The van der Waals surface area contributed by atoms with Crippen LogP contribution in [0.25, 0.3) is 0 Å². The van der Waals surface area contributed by atoms with Crippen LogP contribution >= 0.6 is 0 Å². The summed E-state index contributed by atoms with van der Waals surface area (Å²) in [6.07, 6.45) is -0.190. The quantitative estimate of drug-likeness (QED) is 0.916. The number of hydrogen-bond acceptors (Lipinski definition) is 3. The molecular weight excluding hydrogens is 308 g/mol. The van der Waals surface area contributed by atoms with Gasteiger partial charge in [-0.2, -0.15) is 0 Å². The third kappa shape index (κ3) is 3.34. The number of ether oxygens (including phenoxy) is 1. The molecule has 1 N–H and O–H groups in total. The Bertz CT molecular complexity index is 637. The van der Waals surface area contributed by atoms with Gasteiger partial charge in [0.2, 0.25) is 5.91 Å². The van der Waals surface area contributed by atoms with Crippen LogP contribution in [0, 0.1) is 17.6 Å². The first-order valence-corrected chi connectivity index (χ1v) is 7.53. The van der Waals surface area contributed by atoms with Crippen molar-refractivity contribution in [2.24, 2.45) is 5.92 Å².